The molecule has 2 aromatic carbocycles. The number of aryl methyl sites for hydroxylation is 1. The van der Waals surface area contributed by atoms with E-state index in [-0.39, 0.29) is 18.1 Å². The van der Waals surface area contributed by atoms with E-state index in [0.29, 0.717) is 27.9 Å². The highest BCUT2D eigenvalue weighted by atomic mass is 35.5. The van der Waals surface area contributed by atoms with Crippen molar-refractivity contribution in [2.75, 3.05) is 11.9 Å². The molecular weight excluding hydrogens is 416 g/mol. The molecule has 0 aliphatic heterocycles. The first kappa shape index (κ1) is 20.6. The third-order valence-corrected chi connectivity index (χ3v) is 4.69. The van der Waals surface area contributed by atoms with Gasteiger partial charge in [-0.1, -0.05) is 59.2 Å². The van der Waals surface area contributed by atoms with Crippen molar-refractivity contribution in [3.63, 3.8) is 0 Å². The number of halogens is 1. The van der Waals surface area contributed by atoms with E-state index in [1.807, 2.05) is 30.3 Å². The Bertz CT molecular complexity index is 1210. The van der Waals surface area contributed by atoms with Crippen molar-refractivity contribution < 1.29 is 14.1 Å². The zero-order chi connectivity index (χ0) is 21.8. The minimum absolute atomic E-state index is 0.139. The van der Waals surface area contributed by atoms with Gasteiger partial charge in [0, 0.05) is 22.2 Å². The van der Waals surface area contributed by atoms with Gasteiger partial charge < -0.3 is 14.6 Å². The second kappa shape index (κ2) is 8.97. The Morgan fingerprint density at radius 3 is 2.52 bits per heavy atom. The van der Waals surface area contributed by atoms with Crippen LogP contribution in [0.15, 0.2) is 65.2 Å². The molecule has 0 spiro atoms. The van der Waals surface area contributed by atoms with Gasteiger partial charge in [-0.15, -0.1) is 0 Å². The molecule has 31 heavy (non-hydrogen) atoms. The predicted molar refractivity (Wildman–Crippen MR) is 118 cm³/mol. The molecule has 0 radical (unpaired) electrons. The number of carbonyl (C=O) groups is 1. The van der Waals surface area contributed by atoms with Gasteiger partial charge in [0.25, 0.3) is 0 Å². The molecule has 0 atom stereocenters. The molecule has 0 unspecified atom stereocenters. The summed E-state index contributed by atoms with van der Waals surface area (Å²) in [5, 5.41) is 7.73. The molecular formula is C23H19ClN4O3. The number of benzene rings is 2. The van der Waals surface area contributed by atoms with Gasteiger partial charge in [0.15, 0.2) is 5.56 Å². The van der Waals surface area contributed by atoms with Crippen LogP contribution in [-0.4, -0.2) is 27.7 Å². The van der Waals surface area contributed by atoms with Gasteiger partial charge in [0.2, 0.25) is 5.88 Å². The number of nitrogens with zero attached hydrogens (tertiary/aromatic N) is 3. The Kier molecular flexibility index (Phi) is 5.95. The van der Waals surface area contributed by atoms with Gasteiger partial charge in [-0.3, -0.25) is 0 Å². The summed E-state index contributed by atoms with van der Waals surface area (Å²) in [4.78, 5) is 21.6. The van der Waals surface area contributed by atoms with E-state index < -0.39 is 5.97 Å². The topological polar surface area (TPSA) is 90.1 Å². The average molecular weight is 435 g/mol. The Labute approximate surface area is 184 Å². The normalized spacial score (nSPS) is 10.7. The lowest BCUT2D eigenvalue weighted by Gasteiger charge is -2.08. The standard InChI is InChI=1S/C23H19ClN4O3/c1-3-30-23(29)20-21(16-9-11-17(24)12-10-16)28-31-22(20)27-19-13-18(25-14(2)26-19)15-7-5-4-6-8-15/h4-13H,3H2,1-2H3,(H,25,26,27). The Morgan fingerprint density at radius 2 is 1.81 bits per heavy atom. The van der Waals surface area contributed by atoms with Crippen LogP contribution < -0.4 is 5.32 Å². The van der Waals surface area contributed by atoms with Crippen LogP contribution in [-0.2, 0) is 4.74 Å². The smallest absolute Gasteiger partial charge is 0.346 e. The highest BCUT2D eigenvalue weighted by Crippen LogP contribution is 2.32. The van der Waals surface area contributed by atoms with Gasteiger partial charge >= 0.3 is 5.97 Å². The minimum Gasteiger partial charge on any atom is -0.462 e. The Balaban J connectivity index is 1.74. The lowest BCUT2D eigenvalue weighted by Crippen LogP contribution is -2.08. The fourth-order valence-corrected chi connectivity index (χ4v) is 3.20. The summed E-state index contributed by atoms with van der Waals surface area (Å²) in [5.74, 6) is 0.625. The van der Waals surface area contributed by atoms with Gasteiger partial charge in [-0.2, -0.15) is 0 Å². The molecule has 4 aromatic rings. The number of anilines is 2. The second-order valence-corrected chi connectivity index (χ2v) is 7.08. The van der Waals surface area contributed by atoms with Crippen LogP contribution >= 0.6 is 11.6 Å². The molecule has 0 amide bonds. The molecule has 8 heteroatoms. The summed E-state index contributed by atoms with van der Waals surface area (Å²) in [6, 6.07) is 18.5. The number of esters is 1. The van der Waals surface area contributed by atoms with E-state index in [2.05, 4.69) is 20.4 Å². The number of rotatable bonds is 6. The van der Waals surface area contributed by atoms with Gasteiger partial charge in [-0.25, -0.2) is 14.8 Å². The van der Waals surface area contributed by atoms with Crippen molar-refractivity contribution >= 4 is 29.3 Å². The molecule has 2 aromatic heterocycles. The SMILES string of the molecule is CCOC(=O)c1c(-c2ccc(Cl)cc2)noc1Nc1cc(-c2ccccc2)nc(C)n1. The van der Waals surface area contributed by atoms with Crippen LogP contribution in [0.3, 0.4) is 0 Å². The molecule has 0 aliphatic rings. The molecule has 0 saturated heterocycles. The number of hydrogen-bond donors (Lipinski definition) is 1. The fraction of sp³-hybridized carbons (Fsp3) is 0.130. The summed E-state index contributed by atoms with van der Waals surface area (Å²) in [7, 11) is 0. The van der Waals surface area contributed by atoms with Crippen molar-refractivity contribution in [1.82, 2.24) is 15.1 Å². The number of ether oxygens (including phenoxy) is 1. The molecule has 2 heterocycles. The van der Waals surface area contributed by atoms with Crippen molar-refractivity contribution in [2.45, 2.75) is 13.8 Å². The lowest BCUT2D eigenvalue weighted by atomic mass is 10.1. The molecule has 156 valence electrons. The third kappa shape index (κ3) is 4.57. The monoisotopic (exact) mass is 434 g/mol. The number of hydrogen-bond acceptors (Lipinski definition) is 7. The maximum absolute atomic E-state index is 12.7. The van der Waals surface area contributed by atoms with E-state index in [1.54, 1.807) is 44.2 Å². The van der Waals surface area contributed by atoms with Gasteiger partial charge in [0.05, 0.1) is 12.3 Å². The van der Waals surface area contributed by atoms with E-state index >= 15 is 0 Å². The van der Waals surface area contributed by atoms with Crippen molar-refractivity contribution in [2.24, 2.45) is 0 Å². The van der Waals surface area contributed by atoms with Crippen molar-refractivity contribution in [3.05, 3.63) is 77.1 Å². The largest absolute Gasteiger partial charge is 0.462 e. The molecule has 4 rings (SSSR count). The summed E-state index contributed by atoms with van der Waals surface area (Å²) >= 11 is 5.98. The Hall–Kier alpha value is -3.71. The maximum atomic E-state index is 12.7. The average Bonchev–Trinajstić information content (AvgIpc) is 3.18. The minimum atomic E-state index is -0.551. The van der Waals surface area contributed by atoms with E-state index in [0.717, 1.165) is 11.3 Å². The molecule has 7 nitrogen and oxygen atoms in total. The molecule has 0 saturated carbocycles. The van der Waals surface area contributed by atoms with Crippen molar-refractivity contribution in [1.29, 1.82) is 0 Å². The molecule has 0 aliphatic carbocycles. The zero-order valence-electron chi connectivity index (χ0n) is 16.9. The second-order valence-electron chi connectivity index (χ2n) is 6.64. The van der Waals surface area contributed by atoms with Crippen LogP contribution in [0.1, 0.15) is 23.1 Å². The first-order valence-corrected chi connectivity index (χ1v) is 10.0. The summed E-state index contributed by atoms with van der Waals surface area (Å²) in [5.41, 5.74) is 2.90. The number of aromatic nitrogens is 3. The van der Waals surface area contributed by atoms with Gasteiger partial charge in [0.1, 0.15) is 17.3 Å². The summed E-state index contributed by atoms with van der Waals surface area (Å²) in [6.45, 7) is 3.75. The fourth-order valence-electron chi connectivity index (χ4n) is 3.08. The first-order valence-electron chi connectivity index (χ1n) is 9.66. The first-order chi connectivity index (χ1) is 15.0. The quantitative estimate of drug-likeness (QED) is 0.390. The van der Waals surface area contributed by atoms with Crippen LogP contribution in [0, 0.1) is 6.92 Å². The van der Waals surface area contributed by atoms with E-state index in [1.165, 1.54) is 0 Å². The van der Waals surface area contributed by atoms with Gasteiger partial charge in [-0.05, 0) is 26.0 Å². The summed E-state index contributed by atoms with van der Waals surface area (Å²) < 4.78 is 10.7. The number of carbonyl (C=O) groups excluding carboxylic acids is 1. The van der Waals surface area contributed by atoms with Crippen LogP contribution in [0.5, 0.6) is 0 Å². The summed E-state index contributed by atoms with van der Waals surface area (Å²) in [6.07, 6.45) is 0. The predicted octanol–water partition coefficient (Wildman–Crippen LogP) is 5.68. The number of nitrogens with one attached hydrogen (secondary N) is 1. The van der Waals surface area contributed by atoms with Crippen molar-refractivity contribution in [3.8, 4) is 22.5 Å². The molecule has 0 bridgehead atoms. The lowest BCUT2D eigenvalue weighted by molar-refractivity contribution is 0.0528. The highest BCUT2D eigenvalue weighted by Gasteiger charge is 2.26. The van der Waals surface area contributed by atoms with Crippen LogP contribution in [0.25, 0.3) is 22.5 Å². The maximum Gasteiger partial charge on any atom is 0.346 e. The van der Waals surface area contributed by atoms with Crippen LogP contribution in [0.2, 0.25) is 5.02 Å². The highest BCUT2D eigenvalue weighted by molar-refractivity contribution is 6.30. The van der Waals surface area contributed by atoms with Crippen LogP contribution in [0.4, 0.5) is 11.7 Å². The Morgan fingerprint density at radius 1 is 1.06 bits per heavy atom. The zero-order valence-corrected chi connectivity index (χ0v) is 17.7. The third-order valence-electron chi connectivity index (χ3n) is 4.44. The van der Waals surface area contributed by atoms with E-state index in [4.69, 9.17) is 20.9 Å². The molecule has 0 fully saturated rings. The molecule has 1 N–H and O–H groups in total. The van der Waals surface area contributed by atoms with E-state index in [9.17, 15) is 4.79 Å².